The molecule has 1 nitrogen and oxygen atoms in total. The second kappa shape index (κ2) is 4.81. The van der Waals surface area contributed by atoms with Crippen LogP contribution in [0.2, 0.25) is 0 Å². The molecule has 1 N–H and O–H groups in total. The van der Waals surface area contributed by atoms with Gasteiger partial charge in [0, 0.05) is 0 Å². The normalized spacial score (nSPS) is 45.0. The second-order valence-corrected chi connectivity index (χ2v) is 7.95. The summed E-state index contributed by atoms with van der Waals surface area (Å²) in [6, 6.07) is 0. The first-order valence-electron chi connectivity index (χ1n) is 8.01. The number of aliphatic hydroxyl groups excluding tert-OH is 1. The topological polar surface area (TPSA) is 20.2 Å². The molecule has 5 atom stereocenters. The molecule has 0 aromatic rings. The molecule has 2 rings (SSSR count). The van der Waals surface area contributed by atoms with Crippen LogP contribution in [0.4, 0.5) is 0 Å². The molecular formula is C17H32O. The van der Waals surface area contributed by atoms with Crippen LogP contribution in [-0.2, 0) is 0 Å². The second-order valence-electron chi connectivity index (χ2n) is 7.95. The lowest BCUT2D eigenvalue weighted by atomic mass is 9.54. The third-order valence-corrected chi connectivity index (χ3v) is 6.52. The van der Waals surface area contributed by atoms with E-state index in [-0.39, 0.29) is 11.5 Å². The monoisotopic (exact) mass is 252 g/mol. The van der Waals surface area contributed by atoms with Crippen LogP contribution in [0.25, 0.3) is 0 Å². The molecule has 0 heterocycles. The maximum atomic E-state index is 10.3. The molecule has 106 valence electrons. The van der Waals surface area contributed by atoms with E-state index in [0.717, 1.165) is 24.2 Å². The van der Waals surface area contributed by atoms with Crippen LogP contribution in [0.3, 0.4) is 0 Å². The van der Waals surface area contributed by atoms with Gasteiger partial charge in [-0.2, -0.15) is 0 Å². The smallest absolute Gasteiger partial charge is 0.0596 e. The van der Waals surface area contributed by atoms with Crippen molar-refractivity contribution in [3.05, 3.63) is 0 Å². The van der Waals surface area contributed by atoms with Crippen molar-refractivity contribution in [2.45, 2.75) is 79.2 Å². The summed E-state index contributed by atoms with van der Waals surface area (Å²) in [5.41, 5.74) is 0.696. The summed E-state index contributed by atoms with van der Waals surface area (Å²) in [6.07, 6.45) is 7.43. The summed E-state index contributed by atoms with van der Waals surface area (Å²) in [4.78, 5) is 0. The average Bonchev–Trinajstić information content (AvgIpc) is 2.56. The fraction of sp³-hybridized carbons (Fsp3) is 1.00. The number of hydrogen-bond acceptors (Lipinski definition) is 1. The Bertz CT molecular complexity index is 296. The summed E-state index contributed by atoms with van der Waals surface area (Å²) in [5.74, 6) is 2.38. The van der Waals surface area contributed by atoms with E-state index in [1.54, 1.807) is 0 Å². The highest BCUT2D eigenvalue weighted by Gasteiger charge is 2.54. The van der Waals surface area contributed by atoms with Crippen molar-refractivity contribution in [1.29, 1.82) is 0 Å². The summed E-state index contributed by atoms with van der Waals surface area (Å²) >= 11 is 0. The Hall–Kier alpha value is -0.0400. The lowest BCUT2D eigenvalue weighted by Crippen LogP contribution is -2.46. The predicted octanol–water partition coefficient (Wildman–Crippen LogP) is 4.64. The Morgan fingerprint density at radius 3 is 2.50 bits per heavy atom. The first-order valence-corrected chi connectivity index (χ1v) is 8.01. The average molecular weight is 252 g/mol. The Morgan fingerprint density at radius 1 is 1.22 bits per heavy atom. The molecule has 0 spiro atoms. The van der Waals surface area contributed by atoms with Crippen LogP contribution in [0.1, 0.15) is 73.1 Å². The zero-order chi connectivity index (χ0) is 13.6. The lowest BCUT2D eigenvalue weighted by Gasteiger charge is -2.51. The maximum Gasteiger partial charge on any atom is 0.0596 e. The highest BCUT2D eigenvalue weighted by molar-refractivity contribution is 5.03. The minimum Gasteiger partial charge on any atom is -0.393 e. The molecule has 0 aliphatic heterocycles. The van der Waals surface area contributed by atoms with Gasteiger partial charge in [-0.25, -0.2) is 0 Å². The van der Waals surface area contributed by atoms with E-state index in [4.69, 9.17) is 0 Å². The zero-order valence-corrected chi connectivity index (χ0v) is 13.0. The largest absolute Gasteiger partial charge is 0.393 e. The Balaban J connectivity index is 2.16. The molecule has 1 heteroatoms. The van der Waals surface area contributed by atoms with Crippen molar-refractivity contribution in [2.24, 2.45) is 28.6 Å². The first-order chi connectivity index (χ1) is 8.33. The van der Waals surface area contributed by atoms with E-state index >= 15 is 0 Å². The zero-order valence-electron chi connectivity index (χ0n) is 13.0. The van der Waals surface area contributed by atoms with Crippen LogP contribution in [0.15, 0.2) is 0 Å². The molecule has 2 aliphatic rings. The number of fused-ring (bicyclic) bond motifs is 1. The van der Waals surface area contributed by atoms with Crippen molar-refractivity contribution >= 4 is 0 Å². The third kappa shape index (κ3) is 2.13. The predicted molar refractivity (Wildman–Crippen MR) is 77.4 cm³/mol. The third-order valence-electron chi connectivity index (χ3n) is 6.52. The van der Waals surface area contributed by atoms with Gasteiger partial charge < -0.3 is 5.11 Å². The molecular weight excluding hydrogens is 220 g/mol. The van der Waals surface area contributed by atoms with E-state index in [0.29, 0.717) is 5.41 Å². The molecule has 0 bridgehead atoms. The minimum atomic E-state index is -0.0415. The first kappa shape index (κ1) is 14.4. The Labute approximate surface area is 113 Å². The minimum absolute atomic E-state index is 0.0415. The SMILES string of the molecule is CCCC(C)(C)C1CCC2(C)C(O)CCC2C1C. The molecule has 2 saturated carbocycles. The van der Waals surface area contributed by atoms with Crippen LogP contribution in [0, 0.1) is 28.6 Å². The highest BCUT2D eigenvalue weighted by atomic mass is 16.3. The van der Waals surface area contributed by atoms with E-state index in [9.17, 15) is 5.11 Å². The van der Waals surface area contributed by atoms with E-state index in [1.165, 1.54) is 32.1 Å². The van der Waals surface area contributed by atoms with Crippen molar-refractivity contribution in [1.82, 2.24) is 0 Å². The van der Waals surface area contributed by atoms with Gasteiger partial charge >= 0.3 is 0 Å². The van der Waals surface area contributed by atoms with Crippen molar-refractivity contribution < 1.29 is 5.11 Å². The van der Waals surface area contributed by atoms with Gasteiger partial charge in [-0.05, 0) is 60.7 Å². The van der Waals surface area contributed by atoms with Gasteiger partial charge in [-0.15, -0.1) is 0 Å². The maximum absolute atomic E-state index is 10.3. The number of aliphatic hydroxyl groups is 1. The molecule has 18 heavy (non-hydrogen) atoms. The van der Waals surface area contributed by atoms with Gasteiger partial charge in [0.2, 0.25) is 0 Å². The van der Waals surface area contributed by atoms with Gasteiger partial charge in [0.1, 0.15) is 0 Å². The molecule has 0 aromatic carbocycles. The molecule has 5 unspecified atom stereocenters. The fourth-order valence-corrected chi connectivity index (χ4v) is 5.40. The fourth-order valence-electron chi connectivity index (χ4n) is 5.40. The van der Waals surface area contributed by atoms with Crippen LogP contribution in [0.5, 0.6) is 0 Å². The van der Waals surface area contributed by atoms with Gasteiger partial charge in [0.15, 0.2) is 0 Å². The summed E-state index contributed by atoms with van der Waals surface area (Å²) in [6.45, 7) is 12.0. The van der Waals surface area contributed by atoms with Gasteiger partial charge in [-0.3, -0.25) is 0 Å². The van der Waals surface area contributed by atoms with Crippen LogP contribution >= 0.6 is 0 Å². The van der Waals surface area contributed by atoms with E-state index < -0.39 is 0 Å². The molecule has 0 amide bonds. The van der Waals surface area contributed by atoms with Gasteiger partial charge in [-0.1, -0.05) is 41.0 Å². The molecule has 2 aliphatic carbocycles. The van der Waals surface area contributed by atoms with Crippen molar-refractivity contribution in [3.63, 3.8) is 0 Å². The summed E-state index contributed by atoms with van der Waals surface area (Å²) in [5, 5.41) is 10.3. The highest BCUT2D eigenvalue weighted by Crippen LogP contribution is 2.59. The Morgan fingerprint density at radius 2 is 1.89 bits per heavy atom. The van der Waals surface area contributed by atoms with Crippen molar-refractivity contribution in [3.8, 4) is 0 Å². The van der Waals surface area contributed by atoms with Gasteiger partial charge in [0.05, 0.1) is 6.10 Å². The number of hydrogen-bond donors (Lipinski definition) is 1. The molecule has 2 fully saturated rings. The van der Waals surface area contributed by atoms with Gasteiger partial charge in [0.25, 0.3) is 0 Å². The molecule has 0 radical (unpaired) electrons. The van der Waals surface area contributed by atoms with Crippen LogP contribution < -0.4 is 0 Å². The van der Waals surface area contributed by atoms with E-state index in [2.05, 4.69) is 34.6 Å². The summed E-state index contributed by atoms with van der Waals surface area (Å²) < 4.78 is 0. The summed E-state index contributed by atoms with van der Waals surface area (Å²) in [7, 11) is 0. The molecule has 0 aromatic heterocycles. The quantitative estimate of drug-likeness (QED) is 0.776. The van der Waals surface area contributed by atoms with Crippen LogP contribution in [-0.4, -0.2) is 11.2 Å². The molecule has 0 saturated heterocycles. The van der Waals surface area contributed by atoms with Crippen molar-refractivity contribution in [2.75, 3.05) is 0 Å². The lowest BCUT2D eigenvalue weighted by molar-refractivity contribution is -0.0570. The standard InChI is InChI=1S/C17H32O/c1-6-10-16(3,4)13-9-11-17(5)14(12(13)2)7-8-15(17)18/h12-15,18H,6-11H2,1-5H3. The Kier molecular flexibility index (Phi) is 3.84. The number of rotatable bonds is 3. The van der Waals surface area contributed by atoms with E-state index in [1.807, 2.05) is 0 Å².